The van der Waals surface area contributed by atoms with Gasteiger partial charge in [-0.15, -0.1) is 10.2 Å². The summed E-state index contributed by atoms with van der Waals surface area (Å²) in [6, 6.07) is 3.67. The number of nitrogens with one attached hydrogen (secondary N) is 1. The third-order valence-electron chi connectivity index (χ3n) is 2.21. The van der Waals surface area contributed by atoms with Crippen molar-refractivity contribution in [3.05, 3.63) is 23.5 Å². The van der Waals surface area contributed by atoms with Crippen LogP contribution in [0.5, 0.6) is 0 Å². The molecule has 0 atom stereocenters. The summed E-state index contributed by atoms with van der Waals surface area (Å²) in [7, 11) is 0. The number of pyridine rings is 1. The fraction of sp³-hybridized carbons (Fsp3) is 0.364. The summed E-state index contributed by atoms with van der Waals surface area (Å²) in [5.74, 6) is 0. The van der Waals surface area contributed by atoms with Gasteiger partial charge in [0.05, 0.1) is 0 Å². The standard InChI is InChI=1S/C11H13ClN4S/c1-2-3-5-14-11-16-15-10(17-11)8-4-6-13-9(12)7-8/h4,6-7H,2-3,5H2,1H3,(H,14,16). The van der Waals surface area contributed by atoms with Crippen molar-refractivity contribution >= 4 is 28.1 Å². The van der Waals surface area contributed by atoms with Crippen LogP contribution in [0.4, 0.5) is 5.13 Å². The van der Waals surface area contributed by atoms with Gasteiger partial charge in [0.15, 0.2) is 0 Å². The second kappa shape index (κ2) is 5.93. The summed E-state index contributed by atoms with van der Waals surface area (Å²) in [4.78, 5) is 3.94. The summed E-state index contributed by atoms with van der Waals surface area (Å²) in [5.41, 5.74) is 0.950. The fourth-order valence-corrected chi connectivity index (χ4v) is 2.26. The summed E-state index contributed by atoms with van der Waals surface area (Å²) in [5, 5.41) is 13.6. The van der Waals surface area contributed by atoms with Gasteiger partial charge in [0.25, 0.3) is 0 Å². The first kappa shape index (κ1) is 12.3. The molecule has 0 unspecified atom stereocenters. The molecule has 0 bridgehead atoms. The highest BCUT2D eigenvalue weighted by Gasteiger charge is 2.06. The normalized spacial score (nSPS) is 10.5. The lowest BCUT2D eigenvalue weighted by atomic mass is 10.3. The molecule has 0 saturated heterocycles. The minimum absolute atomic E-state index is 0.471. The maximum absolute atomic E-state index is 5.83. The van der Waals surface area contributed by atoms with Crippen LogP contribution in [-0.4, -0.2) is 21.7 Å². The Kier molecular flexibility index (Phi) is 4.28. The van der Waals surface area contributed by atoms with E-state index < -0.39 is 0 Å². The van der Waals surface area contributed by atoms with Crippen molar-refractivity contribution in [1.29, 1.82) is 0 Å². The van der Waals surface area contributed by atoms with Crippen molar-refractivity contribution in [2.45, 2.75) is 19.8 Å². The Hall–Kier alpha value is -1.20. The summed E-state index contributed by atoms with van der Waals surface area (Å²) >= 11 is 7.36. The van der Waals surface area contributed by atoms with E-state index in [9.17, 15) is 0 Å². The van der Waals surface area contributed by atoms with Gasteiger partial charge < -0.3 is 5.32 Å². The van der Waals surface area contributed by atoms with E-state index in [1.165, 1.54) is 17.8 Å². The van der Waals surface area contributed by atoms with Gasteiger partial charge in [-0.1, -0.05) is 36.3 Å². The monoisotopic (exact) mass is 268 g/mol. The number of aromatic nitrogens is 3. The highest BCUT2D eigenvalue weighted by Crippen LogP contribution is 2.27. The molecule has 2 aromatic heterocycles. The van der Waals surface area contributed by atoms with Gasteiger partial charge in [-0.25, -0.2) is 4.98 Å². The van der Waals surface area contributed by atoms with Gasteiger partial charge in [-0.3, -0.25) is 0 Å². The molecule has 17 heavy (non-hydrogen) atoms. The topological polar surface area (TPSA) is 50.7 Å². The van der Waals surface area contributed by atoms with Gasteiger partial charge in [0.1, 0.15) is 10.2 Å². The zero-order chi connectivity index (χ0) is 12.1. The molecule has 4 nitrogen and oxygen atoms in total. The van der Waals surface area contributed by atoms with E-state index >= 15 is 0 Å². The van der Waals surface area contributed by atoms with Crippen LogP contribution in [0.15, 0.2) is 18.3 Å². The van der Waals surface area contributed by atoms with E-state index in [4.69, 9.17) is 11.6 Å². The molecule has 2 heterocycles. The van der Waals surface area contributed by atoms with Gasteiger partial charge >= 0.3 is 0 Å². The van der Waals surface area contributed by atoms with Crippen LogP contribution < -0.4 is 5.32 Å². The van der Waals surface area contributed by atoms with Crippen molar-refractivity contribution in [3.8, 4) is 10.6 Å². The second-order valence-electron chi connectivity index (χ2n) is 3.56. The van der Waals surface area contributed by atoms with Crippen LogP contribution in [0, 0.1) is 0 Å². The van der Waals surface area contributed by atoms with E-state index in [1.54, 1.807) is 12.3 Å². The van der Waals surface area contributed by atoms with Crippen molar-refractivity contribution in [2.24, 2.45) is 0 Å². The molecule has 0 aliphatic carbocycles. The second-order valence-corrected chi connectivity index (χ2v) is 4.92. The minimum Gasteiger partial charge on any atom is -0.360 e. The van der Waals surface area contributed by atoms with E-state index in [-0.39, 0.29) is 0 Å². The lowest BCUT2D eigenvalue weighted by Gasteiger charge is -1.98. The molecule has 6 heteroatoms. The molecule has 0 aromatic carbocycles. The third-order valence-corrected chi connectivity index (χ3v) is 3.34. The van der Waals surface area contributed by atoms with Crippen LogP contribution in [-0.2, 0) is 0 Å². The largest absolute Gasteiger partial charge is 0.360 e. The zero-order valence-corrected chi connectivity index (χ0v) is 11.1. The summed E-state index contributed by atoms with van der Waals surface area (Å²) in [6.45, 7) is 3.09. The Bertz CT molecular complexity index is 486. The molecule has 0 saturated carbocycles. The lowest BCUT2D eigenvalue weighted by molar-refractivity contribution is 0.831. The molecular formula is C11H13ClN4S. The summed E-state index contributed by atoms with van der Waals surface area (Å²) in [6.07, 6.45) is 3.97. The van der Waals surface area contributed by atoms with Crippen LogP contribution >= 0.6 is 22.9 Å². The SMILES string of the molecule is CCCCNc1nnc(-c2ccnc(Cl)c2)s1. The lowest BCUT2D eigenvalue weighted by Crippen LogP contribution is -1.99. The van der Waals surface area contributed by atoms with Crippen LogP contribution in [0.1, 0.15) is 19.8 Å². The van der Waals surface area contributed by atoms with E-state index in [1.807, 2.05) is 6.07 Å². The molecule has 0 fully saturated rings. The van der Waals surface area contributed by atoms with E-state index in [0.717, 1.165) is 28.7 Å². The number of halogens is 1. The fourth-order valence-electron chi connectivity index (χ4n) is 1.32. The Labute approximate surface area is 109 Å². The Morgan fingerprint density at radius 1 is 1.41 bits per heavy atom. The van der Waals surface area contributed by atoms with Crippen molar-refractivity contribution in [1.82, 2.24) is 15.2 Å². The molecule has 0 aliphatic heterocycles. The number of rotatable bonds is 5. The number of unbranched alkanes of at least 4 members (excludes halogenated alkanes) is 1. The zero-order valence-electron chi connectivity index (χ0n) is 9.48. The molecule has 1 N–H and O–H groups in total. The number of hydrogen-bond acceptors (Lipinski definition) is 5. The smallest absolute Gasteiger partial charge is 0.206 e. The Morgan fingerprint density at radius 3 is 3.06 bits per heavy atom. The first-order chi connectivity index (χ1) is 8.29. The quantitative estimate of drug-likeness (QED) is 0.666. The molecule has 2 rings (SSSR count). The first-order valence-corrected chi connectivity index (χ1v) is 6.68. The number of nitrogens with zero attached hydrogens (tertiary/aromatic N) is 3. The molecule has 0 spiro atoms. The molecule has 90 valence electrons. The molecular weight excluding hydrogens is 256 g/mol. The van der Waals surface area contributed by atoms with Gasteiger partial charge in [-0.05, 0) is 18.6 Å². The van der Waals surface area contributed by atoms with Gasteiger partial charge in [0.2, 0.25) is 5.13 Å². The molecule has 0 radical (unpaired) electrons. The first-order valence-electron chi connectivity index (χ1n) is 5.49. The maximum Gasteiger partial charge on any atom is 0.206 e. The highest BCUT2D eigenvalue weighted by molar-refractivity contribution is 7.18. The maximum atomic E-state index is 5.83. The van der Waals surface area contributed by atoms with Crippen molar-refractivity contribution in [2.75, 3.05) is 11.9 Å². The third kappa shape index (κ3) is 3.38. The highest BCUT2D eigenvalue weighted by atomic mass is 35.5. The van der Waals surface area contributed by atoms with Crippen molar-refractivity contribution < 1.29 is 0 Å². The Balaban J connectivity index is 2.07. The predicted molar refractivity (Wildman–Crippen MR) is 71.5 cm³/mol. The predicted octanol–water partition coefficient (Wildman–Crippen LogP) is 3.47. The number of anilines is 1. The Morgan fingerprint density at radius 2 is 2.29 bits per heavy atom. The average Bonchev–Trinajstić information content (AvgIpc) is 2.78. The van der Waals surface area contributed by atoms with E-state index in [2.05, 4.69) is 27.4 Å². The summed E-state index contributed by atoms with van der Waals surface area (Å²) < 4.78 is 0. The molecule has 2 aromatic rings. The van der Waals surface area contributed by atoms with Crippen LogP contribution in [0.2, 0.25) is 5.15 Å². The molecule has 0 amide bonds. The minimum atomic E-state index is 0.471. The molecule has 0 aliphatic rings. The van der Waals surface area contributed by atoms with Crippen LogP contribution in [0.3, 0.4) is 0 Å². The van der Waals surface area contributed by atoms with Crippen LogP contribution in [0.25, 0.3) is 10.6 Å². The average molecular weight is 269 g/mol. The van der Waals surface area contributed by atoms with Crippen molar-refractivity contribution in [3.63, 3.8) is 0 Å². The van der Waals surface area contributed by atoms with E-state index in [0.29, 0.717) is 5.15 Å². The number of hydrogen-bond donors (Lipinski definition) is 1. The van der Waals surface area contributed by atoms with Gasteiger partial charge in [0, 0.05) is 18.3 Å². The van der Waals surface area contributed by atoms with Gasteiger partial charge in [-0.2, -0.15) is 0 Å².